The van der Waals surface area contributed by atoms with Gasteiger partial charge in [-0.2, -0.15) is 0 Å². The van der Waals surface area contributed by atoms with Crippen LogP contribution in [0.4, 0.5) is 0 Å². The predicted molar refractivity (Wildman–Crippen MR) is 196 cm³/mol. The normalized spacial score (nSPS) is 13.7. The van der Waals surface area contributed by atoms with Gasteiger partial charge in [0.05, 0.1) is 0 Å². The van der Waals surface area contributed by atoms with Gasteiger partial charge in [0.2, 0.25) is 0 Å². The van der Waals surface area contributed by atoms with Crippen LogP contribution in [0, 0.1) is 33.1 Å². The van der Waals surface area contributed by atoms with Gasteiger partial charge in [0.15, 0.2) is 0 Å². The fourth-order valence-electron chi connectivity index (χ4n) is 5.59. The molecule has 46 heavy (non-hydrogen) atoms. The highest BCUT2D eigenvalue weighted by Crippen LogP contribution is 2.46. The molecule has 0 spiro atoms. The Bertz CT molecular complexity index is 1580. The second-order valence-electron chi connectivity index (χ2n) is 12.6. The average Bonchev–Trinajstić information content (AvgIpc) is 3.01. The largest absolute Gasteiger partial charge is 0.508 e. The van der Waals surface area contributed by atoms with Gasteiger partial charge in [-0.1, -0.05) is 74.9 Å². The van der Waals surface area contributed by atoms with E-state index in [1.54, 1.807) is 26.0 Å². The van der Waals surface area contributed by atoms with Crippen LogP contribution in [0.5, 0.6) is 11.5 Å². The molecular weight excluding hydrogens is 568 g/mol. The van der Waals surface area contributed by atoms with Crippen molar-refractivity contribution in [1.29, 1.82) is 0 Å². The Morgan fingerprint density at radius 1 is 0.587 bits per heavy atom. The van der Waals surface area contributed by atoms with Crippen molar-refractivity contribution in [2.75, 3.05) is 0 Å². The number of aromatic hydroxyl groups is 2. The summed E-state index contributed by atoms with van der Waals surface area (Å²) < 4.78 is 0. The summed E-state index contributed by atoms with van der Waals surface area (Å²) in [7, 11) is 0. The Labute approximate surface area is 276 Å². The van der Waals surface area contributed by atoms with Crippen molar-refractivity contribution in [3.05, 3.63) is 165 Å². The number of aryl methyl sites for hydroxylation is 4. The van der Waals surface area contributed by atoms with Gasteiger partial charge in [0.25, 0.3) is 0 Å². The topological polar surface area (TPSA) is 80.9 Å². The standard InChI is InChI=1S/C42H52O4/c1-15-37(43)25(3)19-33(11)41(13,34(12)20-26(4)38(44)16-2)31(9)17-18-32(10)42(14,35-21-27(5)39(45)28(6)22-35)36-23-29(7)40(46)30(8)24-36/h15-24,43-46H,9-12H2,1-8,13-14H3/b18-17-,25-19-,26-20-,37-15-,38-16-. The van der Waals surface area contributed by atoms with E-state index < -0.39 is 10.8 Å². The highest BCUT2D eigenvalue weighted by molar-refractivity contribution is 5.59. The monoisotopic (exact) mass is 620 g/mol. The molecule has 0 bridgehead atoms. The molecule has 4 heteroatoms. The van der Waals surface area contributed by atoms with Crippen LogP contribution in [0.3, 0.4) is 0 Å². The molecule has 0 aromatic heterocycles. The predicted octanol–water partition coefficient (Wildman–Crippen LogP) is 11.2. The maximum atomic E-state index is 10.6. The Kier molecular flexibility index (Phi) is 11.9. The molecule has 2 aromatic rings. The van der Waals surface area contributed by atoms with Crippen molar-refractivity contribution in [3.63, 3.8) is 0 Å². The smallest absolute Gasteiger partial charge is 0.121 e. The SMILES string of the molecule is C=C(/C=C\C(=C)C(C)(c1cc(C)c(O)c(C)c1)c1cc(C)c(O)c(C)c1)C(C)(C(=C)/C=C(C)\C(O)=C\C)C(=C)/C=C(C)\C(O)=C\C. The molecule has 4 nitrogen and oxygen atoms in total. The fraction of sp³-hybridized carbons (Fsp3) is 0.286. The van der Waals surface area contributed by atoms with Gasteiger partial charge in [0, 0.05) is 10.8 Å². The number of benzene rings is 2. The molecular formula is C42H52O4. The summed E-state index contributed by atoms with van der Waals surface area (Å²) in [6, 6.07) is 7.91. The van der Waals surface area contributed by atoms with Crippen LogP contribution < -0.4 is 0 Å². The lowest BCUT2D eigenvalue weighted by atomic mass is 9.68. The van der Waals surface area contributed by atoms with Crippen LogP contribution in [0.25, 0.3) is 0 Å². The molecule has 2 aromatic carbocycles. The zero-order chi connectivity index (χ0) is 35.3. The fourth-order valence-corrected chi connectivity index (χ4v) is 5.59. The molecule has 0 aliphatic heterocycles. The summed E-state index contributed by atoms with van der Waals surface area (Å²) in [6.45, 7) is 36.5. The maximum Gasteiger partial charge on any atom is 0.121 e. The lowest BCUT2D eigenvalue weighted by Gasteiger charge is -2.35. The minimum Gasteiger partial charge on any atom is -0.508 e. The van der Waals surface area contributed by atoms with E-state index >= 15 is 0 Å². The van der Waals surface area contributed by atoms with E-state index in [1.807, 2.05) is 97.0 Å². The molecule has 0 radical (unpaired) electrons. The van der Waals surface area contributed by atoms with E-state index in [0.29, 0.717) is 27.9 Å². The molecule has 0 unspecified atom stereocenters. The van der Waals surface area contributed by atoms with Crippen LogP contribution in [0.2, 0.25) is 0 Å². The molecule has 0 saturated carbocycles. The molecule has 0 amide bonds. The average molecular weight is 621 g/mol. The number of rotatable bonds is 12. The molecule has 2 rings (SSSR count). The van der Waals surface area contributed by atoms with Crippen molar-refractivity contribution in [2.45, 2.75) is 74.7 Å². The Morgan fingerprint density at radius 3 is 1.20 bits per heavy atom. The molecule has 0 aliphatic carbocycles. The highest BCUT2D eigenvalue weighted by Gasteiger charge is 2.35. The molecule has 0 fully saturated rings. The Morgan fingerprint density at radius 2 is 0.891 bits per heavy atom. The van der Waals surface area contributed by atoms with E-state index in [1.165, 1.54) is 0 Å². The first-order chi connectivity index (χ1) is 21.3. The number of hydrogen-bond acceptors (Lipinski definition) is 4. The number of aliphatic hydroxyl groups is 2. The second-order valence-corrected chi connectivity index (χ2v) is 12.6. The van der Waals surface area contributed by atoms with E-state index in [2.05, 4.69) is 33.2 Å². The van der Waals surface area contributed by atoms with Crippen LogP contribution in [-0.2, 0) is 5.41 Å². The van der Waals surface area contributed by atoms with Crippen molar-refractivity contribution in [1.82, 2.24) is 0 Å². The van der Waals surface area contributed by atoms with Gasteiger partial charge in [-0.3, -0.25) is 0 Å². The number of hydrogen-bond donors (Lipinski definition) is 4. The second kappa shape index (κ2) is 14.6. The number of phenolic OH excluding ortho intramolecular Hbond substituents is 2. The minimum absolute atomic E-state index is 0.150. The first kappa shape index (κ1) is 37.5. The van der Waals surface area contributed by atoms with E-state index in [4.69, 9.17) is 0 Å². The van der Waals surface area contributed by atoms with Crippen LogP contribution in [-0.4, -0.2) is 20.4 Å². The summed E-state index contributed by atoms with van der Waals surface area (Å²) in [6.07, 6.45) is 10.7. The zero-order valence-corrected chi connectivity index (χ0v) is 29.4. The summed E-state index contributed by atoms with van der Waals surface area (Å²) in [5.74, 6) is 0.811. The van der Waals surface area contributed by atoms with Crippen LogP contribution in [0.1, 0.15) is 74.9 Å². The number of phenols is 2. The molecule has 0 saturated heterocycles. The third kappa shape index (κ3) is 7.39. The van der Waals surface area contributed by atoms with Gasteiger partial charge in [-0.05, 0) is 148 Å². The van der Waals surface area contributed by atoms with Gasteiger partial charge < -0.3 is 20.4 Å². The van der Waals surface area contributed by atoms with E-state index in [9.17, 15) is 20.4 Å². The number of aliphatic hydroxyl groups excluding tert-OH is 2. The number of allylic oxidation sites excluding steroid dienone is 12. The third-order valence-electron chi connectivity index (χ3n) is 9.33. The lowest BCUT2D eigenvalue weighted by molar-refractivity contribution is 0.422. The lowest BCUT2D eigenvalue weighted by Crippen LogP contribution is -2.26. The summed E-state index contributed by atoms with van der Waals surface area (Å²) in [5.41, 5.74) is 7.33. The van der Waals surface area contributed by atoms with Crippen molar-refractivity contribution in [2.24, 2.45) is 5.41 Å². The van der Waals surface area contributed by atoms with Crippen molar-refractivity contribution >= 4 is 0 Å². The Hall–Kier alpha value is -4.70. The summed E-state index contributed by atoms with van der Waals surface area (Å²) in [5, 5.41) is 41.9. The maximum absolute atomic E-state index is 10.6. The quantitative estimate of drug-likeness (QED) is 0.141. The Balaban J connectivity index is 2.81. The van der Waals surface area contributed by atoms with Gasteiger partial charge in [-0.15, -0.1) is 0 Å². The van der Waals surface area contributed by atoms with Gasteiger partial charge in [0.1, 0.15) is 23.0 Å². The zero-order valence-electron chi connectivity index (χ0n) is 29.4. The third-order valence-corrected chi connectivity index (χ3v) is 9.33. The molecule has 0 aliphatic rings. The van der Waals surface area contributed by atoms with Crippen LogP contribution in [0.15, 0.2) is 132 Å². The molecule has 0 atom stereocenters. The van der Waals surface area contributed by atoms with Crippen LogP contribution >= 0.6 is 0 Å². The van der Waals surface area contributed by atoms with Gasteiger partial charge >= 0.3 is 0 Å². The minimum atomic E-state index is -0.894. The molecule has 4 N–H and O–H groups in total. The first-order valence-electron chi connectivity index (χ1n) is 15.4. The molecule has 244 valence electrons. The summed E-state index contributed by atoms with van der Waals surface area (Å²) in [4.78, 5) is 0. The van der Waals surface area contributed by atoms with Crippen molar-refractivity contribution < 1.29 is 20.4 Å². The highest BCUT2D eigenvalue weighted by atomic mass is 16.3. The summed E-state index contributed by atoms with van der Waals surface area (Å²) >= 11 is 0. The molecule has 0 heterocycles. The van der Waals surface area contributed by atoms with Gasteiger partial charge in [-0.25, -0.2) is 0 Å². The van der Waals surface area contributed by atoms with E-state index in [0.717, 1.165) is 39.0 Å². The first-order valence-corrected chi connectivity index (χ1v) is 15.4. The van der Waals surface area contributed by atoms with E-state index in [-0.39, 0.29) is 23.0 Å². The van der Waals surface area contributed by atoms with Crippen molar-refractivity contribution in [3.8, 4) is 11.5 Å².